The first kappa shape index (κ1) is 26.8. The van der Waals surface area contributed by atoms with Crippen molar-refractivity contribution in [2.45, 2.75) is 63.6 Å². The van der Waals surface area contributed by atoms with Crippen molar-refractivity contribution in [1.29, 1.82) is 0 Å². The van der Waals surface area contributed by atoms with Crippen LogP contribution in [0.5, 0.6) is 0 Å². The Balaban J connectivity index is 1.56. The van der Waals surface area contributed by atoms with Gasteiger partial charge in [0.05, 0.1) is 24.0 Å². The Morgan fingerprint density at radius 3 is 2.41 bits per heavy atom. The van der Waals surface area contributed by atoms with Gasteiger partial charge in [-0.2, -0.15) is 13.2 Å². The molecule has 3 aromatic heterocycles. The van der Waals surface area contributed by atoms with Crippen LogP contribution in [0, 0.1) is 12.7 Å². The standard InChI is InChI=1S/C28H24F6N4O/c1-15-4-2-6-20(29)24(15)17-9-7-16(8-10-17)18-12-21-26(37-22(13-36-21)25(30)31)38(27(18)39)14-23-19(28(32,33)34)5-3-11-35-23/h2-6,11-13,16-17,25H,7-10,14H2,1H3. The van der Waals surface area contributed by atoms with Crippen molar-refractivity contribution in [3.05, 3.63) is 98.6 Å². The minimum Gasteiger partial charge on any atom is -0.285 e. The minimum absolute atomic E-state index is 0.0265. The highest BCUT2D eigenvalue weighted by atomic mass is 19.4. The summed E-state index contributed by atoms with van der Waals surface area (Å²) in [6.07, 6.45) is -3.35. The van der Waals surface area contributed by atoms with Crippen LogP contribution in [0.2, 0.25) is 0 Å². The highest BCUT2D eigenvalue weighted by Crippen LogP contribution is 2.42. The molecular weight excluding hydrogens is 522 g/mol. The van der Waals surface area contributed by atoms with Gasteiger partial charge in [-0.25, -0.2) is 18.2 Å². The summed E-state index contributed by atoms with van der Waals surface area (Å²) < 4.78 is 83.3. The van der Waals surface area contributed by atoms with E-state index >= 15 is 0 Å². The number of hydrogen-bond acceptors (Lipinski definition) is 4. The number of halogens is 6. The van der Waals surface area contributed by atoms with Gasteiger partial charge in [-0.15, -0.1) is 0 Å². The Kier molecular flexibility index (Phi) is 7.17. The topological polar surface area (TPSA) is 60.7 Å². The SMILES string of the molecule is Cc1cccc(F)c1C1CCC(c2cc3ncc(C(F)F)nc3n(Cc3ncccc3C(F)(F)F)c2=O)CC1. The maximum atomic E-state index is 14.6. The fraction of sp³-hybridized carbons (Fsp3) is 0.357. The second kappa shape index (κ2) is 10.4. The first-order valence-electron chi connectivity index (χ1n) is 12.5. The number of alkyl halides is 5. The molecule has 1 fully saturated rings. The molecule has 0 bridgehead atoms. The van der Waals surface area contributed by atoms with Crippen LogP contribution in [-0.4, -0.2) is 19.5 Å². The maximum Gasteiger partial charge on any atom is 0.418 e. The van der Waals surface area contributed by atoms with Crippen LogP contribution in [0.25, 0.3) is 11.2 Å². The van der Waals surface area contributed by atoms with Crippen molar-refractivity contribution < 1.29 is 26.3 Å². The molecule has 4 aromatic rings. The van der Waals surface area contributed by atoms with Crippen molar-refractivity contribution >= 4 is 11.2 Å². The van der Waals surface area contributed by atoms with Crippen LogP contribution in [0.15, 0.2) is 53.6 Å². The Morgan fingerprint density at radius 2 is 1.74 bits per heavy atom. The Labute approximate surface area is 219 Å². The van der Waals surface area contributed by atoms with Gasteiger partial charge in [0.25, 0.3) is 12.0 Å². The number of fused-ring (bicyclic) bond motifs is 1. The van der Waals surface area contributed by atoms with Gasteiger partial charge in [0.2, 0.25) is 0 Å². The van der Waals surface area contributed by atoms with Crippen molar-refractivity contribution in [2.24, 2.45) is 0 Å². The van der Waals surface area contributed by atoms with Gasteiger partial charge in [-0.05, 0) is 79.8 Å². The van der Waals surface area contributed by atoms with Crippen LogP contribution in [-0.2, 0) is 12.7 Å². The van der Waals surface area contributed by atoms with E-state index in [-0.39, 0.29) is 28.8 Å². The number of nitrogens with zero attached hydrogens (tertiary/aromatic N) is 4. The zero-order valence-corrected chi connectivity index (χ0v) is 20.9. The third kappa shape index (κ3) is 5.26. The molecule has 0 atom stereocenters. The molecular formula is C28H24F6N4O. The fourth-order valence-corrected chi connectivity index (χ4v) is 5.53. The lowest BCUT2D eigenvalue weighted by Crippen LogP contribution is -2.29. The summed E-state index contributed by atoms with van der Waals surface area (Å²) in [4.78, 5) is 25.5. The van der Waals surface area contributed by atoms with Gasteiger partial charge in [0, 0.05) is 11.8 Å². The number of aryl methyl sites for hydroxylation is 1. The molecule has 0 spiro atoms. The summed E-state index contributed by atoms with van der Waals surface area (Å²) in [6, 6.07) is 8.40. The first-order valence-corrected chi connectivity index (χ1v) is 12.5. The largest absolute Gasteiger partial charge is 0.418 e. The number of aromatic nitrogens is 4. The maximum absolute atomic E-state index is 14.6. The molecule has 0 unspecified atom stereocenters. The van der Waals surface area contributed by atoms with E-state index in [1.165, 1.54) is 18.3 Å². The highest BCUT2D eigenvalue weighted by Gasteiger charge is 2.35. The molecule has 5 rings (SSSR count). The zero-order chi connectivity index (χ0) is 27.9. The monoisotopic (exact) mass is 546 g/mol. The third-order valence-electron chi connectivity index (χ3n) is 7.41. The lowest BCUT2D eigenvalue weighted by molar-refractivity contribution is -0.138. The van der Waals surface area contributed by atoms with Gasteiger partial charge in [-0.3, -0.25) is 19.3 Å². The number of hydrogen-bond donors (Lipinski definition) is 0. The quantitative estimate of drug-likeness (QED) is 0.251. The van der Waals surface area contributed by atoms with Crippen molar-refractivity contribution in [3.63, 3.8) is 0 Å². The van der Waals surface area contributed by atoms with E-state index in [1.54, 1.807) is 6.07 Å². The molecule has 0 aliphatic heterocycles. The number of rotatable bonds is 5. The minimum atomic E-state index is -4.73. The summed E-state index contributed by atoms with van der Waals surface area (Å²) in [5.74, 6) is -0.562. The fourth-order valence-electron chi connectivity index (χ4n) is 5.53. The molecule has 1 aromatic carbocycles. The predicted molar refractivity (Wildman–Crippen MR) is 132 cm³/mol. The molecule has 0 N–H and O–H groups in total. The number of pyridine rings is 2. The van der Waals surface area contributed by atoms with Gasteiger partial charge in [0.1, 0.15) is 17.0 Å². The van der Waals surface area contributed by atoms with Crippen LogP contribution in [0.1, 0.15) is 77.6 Å². The molecule has 0 saturated heterocycles. The van der Waals surface area contributed by atoms with E-state index < -0.39 is 41.7 Å². The highest BCUT2D eigenvalue weighted by molar-refractivity contribution is 5.71. The van der Waals surface area contributed by atoms with E-state index in [0.717, 1.165) is 28.5 Å². The van der Waals surface area contributed by atoms with E-state index in [1.807, 2.05) is 13.0 Å². The normalized spacial score (nSPS) is 18.2. The Hall–Kier alpha value is -3.76. The lowest BCUT2D eigenvalue weighted by atomic mass is 9.75. The van der Waals surface area contributed by atoms with Crippen LogP contribution in [0.4, 0.5) is 26.3 Å². The Morgan fingerprint density at radius 1 is 1.03 bits per heavy atom. The molecule has 1 aliphatic rings. The summed E-state index contributed by atoms with van der Waals surface area (Å²) in [5, 5.41) is 0. The molecule has 3 heterocycles. The van der Waals surface area contributed by atoms with Crippen LogP contribution < -0.4 is 5.56 Å². The Bertz CT molecular complexity index is 1550. The molecule has 5 nitrogen and oxygen atoms in total. The van der Waals surface area contributed by atoms with Gasteiger partial charge in [-0.1, -0.05) is 12.1 Å². The molecule has 204 valence electrons. The van der Waals surface area contributed by atoms with E-state index in [9.17, 15) is 31.1 Å². The second-order valence-electron chi connectivity index (χ2n) is 9.81. The van der Waals surface area contributed by atoms with E-state index in [0.29, 0.717) is 36.8 Å². The molecule has 39 heavy (non-hydrogen) atoms. The van der Waals surface area contributed by atoms with Crippen LogP contribution in [0.3, 0.4) is 0 Å². The van der Waals surface area contributed by atoms with E-state index in [4.69, 9.17) is 0 Å². The van der Waals surface area contributed by atoms with E-state index in [2.05, 4.69) is 15.0 Å². The molecule has 1 aliphatic carbocycles. The van der Waals surface area contributed by atoms with Crippen molar-refractivity contribution in [3.8, 4) is 0 Å². The van der Waals surface area contributed by atoms with Gasteiger partial charge in [0.15, 0.2) is 5.65 Å². The zero-order valence-electron chi connectivity index (χ0n) is 20.9. The second-order valence-corrected chi connectivity index (χ2v) is 9.81. The van der Waals surface area contributed by atoms with Gasteiger partial charge >= 0.3 is 6.18 Å². The summed E-state index contributed by atoms with van der Waals surface area (Å²) in [6.45, 7) is 1.23. The predicted octanol–water partition coefficient (Wildman–Crippen LogP) is 7.08. The van der Waals surface area contributed by atoms with Crippen LogP contribution >= 0.6 is 0 Å². The molecule has 1 saturated carbocycles. The molecule has 0 amide bonds. The molecule has 0 radical (unpaired) electrons. The smallest absolute Gasteiger partial charge is 0.285 e. The summed E-state index contributed by atoms with van der Waals surface area (Å²) >= 11 is 0. The number of benzene rings is 1. The lowest BCUT2D eigenvalue weighted by Gasteiger charge is -2.30. The van der Waals surface area contributed by atoms with Gasteiger partial charge < -0.3 is 0 Å². The average molecular weight is 547 g/mol. The first-order chi connectivity index (χ1) is 18.5. The summed E-state index contributed by atoms with van der Waals surface area (Å²) in [5.41, 5.74) is -1.09. The van der Waals surface area contributed by atoms with Crippen molar-refractivity contribution in [1.82, 2.24) is 19.5 Å². The third-order valence-corrected chi connectivity index (χ3v) is 7.41. The molecule has 11 heteroatoms. The average Bonchev–Trinajstić information content (AvgIpc) is 2.90. The van der Waals surface area contributed by atoms with Crippen molar-refractivity contribution in [2.75, 3.05) is 0 Å². The summed E-state index contributed by atoms with van der Waals surface area (Å²) in [7, 11) is 0.